The van der Waals surface area contributed by atoms with E-state index in [4.69, 9.17) is 21.1 Å². The molecule has 2 amide bonds. The minimum absolute atomic E-state index is 0.155. The average Bonchev–Trinajstić information content (AvgIpc) is 2.74. The molecule has 1 unspecified atom stereocenters. The first-order valence-corrected chi connectivity index (χ1v) is 11.4. The molecule has 0 aliphatic rings. The number of hydrazone groups is 1. The van der Waals surface area contributed by atoms with Crippen LogP contribution in [0.4, 0.5) is 0 Å². The maximum Gasteiger partial charge on any atom is 0.262 e. The van der Waals surface area contributed by atoms with Gasteiger partial charge in [-0.25, -0.2) is 5.43 Å². The standard InChI is InChI=1S/C23H27BrClN3O4/c1-5-31-19-11-15(10-18(24)21(19)32-6-2)13-26-28-23(30)20(14(3)4)27-22(29)16-8-7-9-17(25)12-16/h7-14,20H,5-6H2,1-4H3,(H,27,29)(H,28,30). The number of hydrogen-bond donors (Lipinski definition) is 2. The van der Waals surface area contributed by atoms with E-state index in [0.29, 0.717) is 45.3 Å². The van der Waals surface area contributed by atoms with Crippen molar-refractivity contribution >= 4 is 45.6 Å². The SMILES string of the molecule is CCOc1cc(C=NNC(=O)C(NC(=O)c2cccc(Cl)c2)C(C)C)cc(Br)c1OCC. The van der Waals surface area contributed by atoms with Crippen molar-refractivity contribution < 1.29 is 19.1 Å². The van der Waals surface area contributed by atoms with Gasteiger partial charge in [-0.05, 0) is 71.6 Å². The molecule has 1 atom stereocenters. The second-order valence-corrected chi connectivity index (χ2v) is 8.43. The molecular weight excluding hydrogens is 498 g/mol. The summed E-state index contributed by atoms with van der Waals surface area (Å²) in [5.74, 6) is 0.214. The van der Waals surface area contributed by atoms with Crippen molar-refractivity contribution in [2.24, 2.45) is 11.0 Å². The Morgan fingerprint density at radius 2 is 1.88 bits per heavy atom. The first kappa shape index (κ1) is 25.7. The van der Waals surface area contributed by atoms with E-state index < -0.39 is 11.9 Å². The zero-order valence-corrected chi connectivity index (χ0v) is 20.8. The van der Waals surface area contributed by atoms with E-state index >= 15 is 0 Å². The van der Waals surface area contributed by atoms with Crippen molar-refractivity contribution in [2.45, 2.75) is 33.7 Å². The quantitative estimate of drug-likeness (QED) is 0.345. The van der Waals surface area contributed by atoms with E-state index in [9.17, 15) is 9.59 Å². The molecule has 0 saturated carbocycles. The number of amides is 2. The van der Waals surface area contributed by atoms with Crippen molar-refractivity contribution in [1.29, 1.82) is 0 Å². The summed E-state index contributed by atoms with van der Waals surface area (Å²) >= 11 is 9.42. The van der Waals surface area contributed by atoms with Crippen LogP contribution >= 0.6 is 27.5 Å². The third kappa shape index (κ3) is 7.24. The van der Waals surface area contributed by atoms with Gasteiger partial charge in [0, 0.05) is 10.6 Å². The lowest BCUT2D eigenvalue weighted by atomic mass is 10.0. The Hall–Kier alpha value is -2.58. The highest BCUT2D eigenvalue weighted by atomic mass is 79.9. The summed E-state index contributed by atoms with van der Waals surface area (Å²) in [6, 6.07) is 9.34. The Kier molecular flexibility index (Phi) is 9.99. The van der Waals surface area contributed by atoms with Crippen molar-refractivity contribution in [3.8, 4) is 11.5 Å². The van der Waals surface area contributed by atoms with Crippen LogP contribution in [0.25, 0.3) is 0 Å². The summed E-state index contributed by atoms with van der Waals surface area (Å²) in [7, 11) is 0. The molecule has 0 aliphatic heterocycles. The van der Waals surface area contributed by atoms with Crippen molar-refractivity contribution in [2.75, 3.05) is 13.2 Å². The fourth-order valence-electron chi connectivity index (χ4n) is 2.84. The molecule has 9 heteroatoms. The third-order valence-corrected chi connectivity index (χ3v) is 5.16. The monoisotopic (exact) mass is 523 g/mol. The molecule has 2 aromatic rings. The second-order valence-electron chi connectivity index (χ2n) is 7.14. The van der Waals surface area contributed by atoms with Gasteiger partial charge in [0.25, 0.3) is 11.8 Å². The maximum atomic E-state index is 12.7. The molecule has 0 aliphatic carbocycles. The van der Waals surface area contributed by atoms with Gasteiger partial charge in [-0.1, -0.05) is 31.5 Å². The molecule has 7 nitrogen and oxygen atoms in total. The number of ether oxygens (including phenoxy) is 2. The predicted octanol–water partition coefficient (Wildman–Crippen LogP) is 4.80. The number of nitrogens with zero attached hydrogens (tertiary/aromatic N) is 1. The van der Waals surface area contributed by atoms with Gasteiger partial charge in [0.2, 0.25) is 0 Å². The molecule has 0 aromatic heterocycles. The molecule has 2 rings (SSSR count). The lowest BCUT2D eigenvalue weighted by Gasteiger charge is -2.20. The summed E-state index contributed by atoms with van der Waals surface area (Å²) in [6.07, 6.45) is 1.50. The summed E-state index contributed by atoms with van der Waals surface area (Å²) in [4.78, 5) is 25.2. The van der Waals surface area contributed by atoms with Gasteiger partial charge >= 0.3 is 0 Å². The first-order valence-electron chi connectivity index (χ1n) is 10.2. The van der Waals surface area contributed by atoms with Crippen LogP contribution in [0.5, 0.6) is 11.5 Å². The molecule has 0 bridgehead atoms. The maximum absolute atomic E-state index is 12.7. The topological polar surface area (TPSA) is 89.0 Å². The van der Waals surface area contributed by atoms with E-state index in [1.807, 2.05) is 33.8 Å². The highest BCUT2D eigenvalue weighted by Crippen LogP contribution is 2.36. The Balaban J connectivity index is 2.10. The number of nitrogens with one attached hydrogen (secondary N) is 2. The number of carbonyl (C=O) groups excluding carboxylic acids is 2. The number of benzene rings is 2. The summed E-state index contributed by atoms with van der Waals surface area (Å²) in [5, 5.41) is 7.23. The Labute approximate surface area is 201 Å². The van der Waals surface area contributed by atoms with Crippen molar-refractivity contribution in [1.82, 2.24) is 10.7 Å². The van der Waals surface area contributed by atoms with Gasteiger partial charge < -0.3 is 14.8 Å². The fraction of sp³-hybridized carbons (Fsp3) is 0.348. The zero-order valence-electron chi connectivity index (χ0n) is 18.4. The van der Waals surface area contributed by atoms with Crippen molar-refractivity contribution in [3.05, 3.63) is 57.0 Å². The zero-order chi connectivity index (χ0) is 23.7. The number of halogens is 2. The summed E-state index contributed by atoms with van der Waals surface area (Å²) < 4.78 is 12.0. The third-order valence-electron chi connectivity index (χ3n) is 4.33. The van der Waals surface area contributed by atoms with Crippen LogP contribution < -0.4 is 20.2 Å². The molecule has 0 fully saturated rings. The van der Waals surface area contributed by atoms with Crippen LogP contribution in [0.1, 0.15) is 43.6 Å². The molecule has 0 radical (unpaired) electrons. The number of rotatable bonds is 10. The Morgan fingerprint density at radius 3 is 2.50 bits per heavy atom. The Bertz CT molecular complexity index is 982. The van der Waals surface area contributed by atoms with E-state index in [0.717, 1.165) is 0 Å². The minimum Gasteiger partial charge on any atom is -0.490 e. The van der Waals surface area contributed by atoms with Crippen LogP contribution in [0, 0.1) is 5.92 Å². The van der Waals surface area contributed by atoms with E-state index in [-0.39, 0.29) is 11.8 Å². The molecular formula is C23H27BrClN3O4. The van der Waals surface area contributed by atoms with E-state index in [2.05, 4.69) is 31.8 Å². The summed E-state index contributed by atoms with van der Waals surface area (Å²) in [5.41, 5.74) is 3.57. The lowest BCUT2D eigenvalue weighted by Crippen LogP contribution is -2.48. The molecule has 2 N–H and O–H groups in total. The Morgan fingerprint density at radius 1 is 1.16 bits per heavy atom. The molecule has 0 spiro atoms. The van der Waals surface area contributed by atoms with Gasteiger partial charge in [0.15, 0.2) is 11.5 Å². The van der Waals surface area contributed by atoms with Crippen LogP contribution in [0.3, 0.4) is 0 Å². The van der Waals surface area contributed by atoms with Crippen LogP contribution in [0.2, 0.25) is 5.02 Å². The normalized spacial score (nSPS) is 12.0. The first-order chi connectivity index (χ1) is 15.3. The lowest BCUT2D eigenvalue weighted by molar-refractivity contribution is -0.123. The fourth-order valence-corrected chi connectivity index (χ4v) is 3.60. The smallest absolute Gasteiger partial charge is 0.262 e. The highest BCUT2D eigenvalue weighted by Gasteiger charge is 2.24. The molecule has 0 saturated heterocycles. The summed E-state index contributed by atoms with van der Waals surface area (Å²) in [6.45, 7) is 8.43. The van der Waals surface area contributed by atoms with E-state index in [1.54, 1.807) is 30.3 Å². The largest absolute Gasteiger partial charge is 0.490 e. The highest BCUT2D eigenvalue weighted by molar-refractivity contribution is 9.10. The number of carbonyl (C=O) groups is 2. The van der Waals surface area contributed by atoms with Crippen LogP contribution in [-0.4, -0.2) is 37.3 Å². The van der Waals surface area contributed by atoms with Crippen molar-refractivity contribution in [3.63, 3.8) is 0 Å². The predicted molar refractivity (Wildman–Crippen MR) is 130 cm³/mol. The molecule has 172 valence electrons. The van der Waals surface area contributed by atoms with Gasteiger partial charge in [0.1, 0.15) is 6.04 Å². The molecule has 2 aromatic carbocycles. The van der Waals surface area contributed by atoms with Crippen LogP contribution in [0.15, 0.2) is 46.0 Å². The molecule has 0 heterocycles. The molecule has 32 heavy (non-hydrogen) atoms. The van der Waals surface area contributed by atoms with Gasteiger partial charge in [-0.2, -0.15) is 5.10 Å². The number of hydrogen-bond acceptors (Lipinski definition) is 5. The van der Waals surface area contributed by atoms with Gasteiger partial charge in [0.05, 0.1) is 23.9 Å². The average molecular weight is 525 g/mol. The van der Waals surface area contributed by atoms with Gasteiger partial charge in [-0.15, -0.1) is 0 Å². The van der Waals surface area contributed by atoms with E-state index in [1.165, 1.54) is 6.21 Å². The van der Waals surface area contributed by atoms with Crippen LogP contribution in [-0.2, 0) is 4.79 Å². The van der Waals surface area contributed by atoms with Gasteiger partial charge in [-0.3, -0.25) is 9.59 Å². The second kappa shape index (κ2) is 12.5. The minimum atomic E-state index is -0.773.